The van der Waals surface area contributed by atoms with E-state index < -0.39 is 5.54 Å². The van der Waals surface area contributed by atoms with Gasteiger partial charge in [0.05, 0.1) is 0 Å². The minimum atomic E-state index is -0.867. The van der Waals surface area contributed by atoms with Crippen molar-refractivity contribution in [2.45, 2.75) is 45.3 Å². The second-order valence-electron chi connectivity index (χ2n) is 5.79. The Bertz CT molecular complexity index is 525. The molecule has 0 bridgehead atoms. The number of hydrogen-bond acceptors (Lipinski definition) is 2. The maximum Gasteiger partial charge on any atom is 0.248 e. The number of halogens is 1. The molecule has 1 aliphatic heterocycles. The number of benzene rings is 1. The van der Waals surface area contributed by atoms with Gasteiger partial charge in [-0.15, -0.1) is 0 Å². The number of hydrogen-bond donors (Lipinski definition) is 1. The molecule has 1 N–H and O–H groups in total. The molecule has 0 saturated carbocycles. The van der Waals surface area contributed by atoms with Crippen LogP contribution in [0.25, 0.3) is 0 Å². The largest absolute Gasteiger partial charge is 0.342 e. The average molecular weight is 295 g/mol. The maximum absolute atomic E-state index is 12.6. The van der Waals surface area contributed by atoms with Crippen LogP contribution in [0.5, 0.6) is 0 Å². The summed E-state index contributed by atoms with van der Waals surface area (Å²) < 4.78 is 0. The molecule has 1 aromatic rings. The molecule has 0 spiro atoms. The van der Waals surface area contributed by atoms with Gasteiger partial charge in [0.25, 0.3) is 0 Å². The van der Waals surface area contributed by atoms with Crippen molar-refractivity contribution >= 4 is 23.4 Å². The summed E-state index contributed by atoms with van der Waals surface area (Å²) in [6.45, 7) is 5.85. The molecule has 108 valence electrons. The van der Waals surface area contributed by atoms with Gasteiger partial charge in [-0.25, -0.2) is 0 Å². The first kappa shape index (κ1) is 14.9. The molecule has 2 rings (SSSR count). The lowest BCUT2D eigenvalue weighted by atomic mass is 10.0. The van der Waals surface area contributed by atoms with Crippen molar-refractivity contribution in [3.05, 3.63) is 34.9 Å². The van der Waals surface area contributed by atoms with Gasteiger partial charge < -0.3 is 10.2 Å². The predicted molar refractivity (Wildman–Crippen MR) is 78.3 cm³/mol. The summed E-state index contributed by atoms with van der Waals surface area (Å²) in [4.78, 5) is 26.1. The fourth-order valence-corrected chi connectivity index (χ4v) is 2.53. The molecular weight excluding hydrogens is 276 g/mol. The van der Waals surface area contributed by atoms with Crippen molar-refractivity contribution in [1.82, 2.24) is 10.2 Å². The maximum atomic E-state index is 12.6. The number of nitrogens with one attached hydrogen (secondary N) is 1. The molecule has 0 aromatic heterocycles. The van der Waals surface area contributed by atoms with Crippen molar-refractivity contribution in [3.8, 4) is 0 Å². The summed E-state index contributed by atoms with van der Waals surface area (Å²) >= 11 is 5.87. The number of nitrogens with zero attached hydrogens (tertiary/aromatic N) is 1. The Kier molecular flexibility index (Phi) is 4.04. The van der Waals surface area contributed by atoms with E-state index in [-0.39, 0.29) is 17.9 Å². The van der Waals surface area contributed by atoms with E-state index in [2.05, 4.69) is 5.32 Å². The molecule has 1 aromatic carbocycles. The van der Waals surface area contributed by atoms with Gasteiger partial charge in [-0.05, 0) is 38.5 Å². The third-order valence-corrected chi connectivity index (χ3v) is 3.78. The normalized spacial score (nSPS) is 22.4. The molecule has 20 heavy (non-hydrogen) atoms. The van der Waals surface area contributed by atoms with Gasteiger partial charge in [-0.1, -0.05) is 23.7 Å². The molecule has 1 atom stereocenters. The summed E-state index contributed by atoms with van der Waals surface area (Å²) in [5.41, 5.74) is 0.133. The lowest BCUT2D eigenvalue weighted by Crippen LogP contribution is -2.53. The van der Waals surface area contributed by atoms with Crippen molar-refractivity contribution in [1.29, 1.82) is 0 Å². The lowest BCUT2D eigenvalue weighted by molar-refractivity contribution is -0.139. The third kappa shape index (κ3) is 3.12. The van der Waals surface area contributed by atoms with Crippen molar-refractivity contribution < 1.29 is 9.59 Å². The SMILES string of the molecule is CC1CC(=O)NC(C)(C)C(=O)N1Cc1ccc(Cl)cc1. The summed E-state index contributed by atoms with van der Waals surface area (Å²) in [5.74, 6) is -0.153. The molecule has 4 nitrogen and oxygen atoms in total. The van der Waals surface area contributed by atoms with E-state index in [1.54, 1.807) is 30.9 Å². The number of amides is 2. The van der Waals surface area contributed by atoms with Crippen LogP contribution in [0.4, 0.5) is 0 Å². The first-order chi connectivity index (χ1) is 9.29. The highest BCUT2D eigenvalue weighted by Gasteiger charge is 2.39. The fraction of sp³-hybridized carbons (Fsp3) is 0.467. The van der Waals surface area contributed by atoms with Gasteiger partial charge in [0, 0.05) is 24.0 Å². The van der Waals surface area contributed by atoms with E-state index in [1.165, 1.54) is 0 Å². The Labute approximate surface area is 124 Å². The zero-order valence-electron chi connectivity index (χ0n) is 11.9. The van der Waals surface area contributed by atoms with Crippen LogP contribution >= 0.6 is 11.6 Å². The standard InChI is InChI=1S/C15H19ClN2O2/c1-10-8-13(19)17-15(2,3)14(20)18(10)9-11-4-6-12(16)7-5-11/h4-7,10H,8-9H2,1-3H3,(H,17,19). The predicted octanol–water partition coefficient (Wildman–Crippen LogP) is 2.36. The Hall–Kier alpha value is -1.55. The number of carbonyl (C=O) groups is 2. The van der Waals surface area contributed by atoms with E-state index in [4.69, 9.17) is 11.6 Å². The Morgan fingerprint density at radius 2 is 1.90 bits per heavy atom. The van der Waals surface area contributed by atoms with Crippen molar-refractivity contribution in [2.24, 2.45) is 0 Å². The van der Waals surface area contributed by atoms with E-state index in [9.17, 15) is 9.59 Å². The topological polar surface area (TPSA) is 49.4 Å². The second kappa shape index (κ2) is 5.44. The molecule has 1 fully saturated rings. The number of carbonyl (C=O) groups excluding carboxylic acids is 2. The zero-order chi connectivity index (χ0) is 14.9. The Balaban J connectivity index is 2.25. The van der Waals surface area contributed by atoms with E-state index in [0.717, 1.165) is 5.56 Å². The molecule has 0 aliphatic carbocycles. The van der Waals surface area contributed by atoms with Gasteiger partial charge in [-0.3, -0.25) is 9.59 Å². The molecular formula is C15H19ClN2O2. The van der Waals surface area contributed by atoms with Crippen LogP contribution in [0.2, 0.25) is 5.02 Å². The monoisotopic (exact) mass is 294 g/mol. The Morgan fingerprint density at radius 1 is 1.30 bits per heavy atom. The molecule has 1 unspecified atom stereocenters. The molecule has 1 heterocycles. The van der Waals surface area contributed by atoms with Crippen LogP contribution in [0.15, 0.2) is 24.3 Å². The minimum Gasteiger partial charge on any atom is -0.342 e. The van der Waals surface area contributed by atoms with E-state index in [0.29, 0.717) is 18.0 Å². The highest BCUT2D eigenvalue weighted by atomic mass is 35.5. The average Bonchev–Trinajstić information content (AvgIpc) is 2.41. The highest BCUT2D eigenvalue weighted by molar-refractivity contribution is 6.30. The van der Waals surface area contributed by atoms with Crippen LogP contribution in [-0.2, 0) is 16.1 Å². The van der Waals surface area contributed by atoms with Gasteiger partial charge in [0.2, 0.25) is 11.8 Å². The number of rotatable bonds is 2. The smallest absolute Gasteiger partial charge is 0.248 e. The molecule has 1 aliphatic rings. The van der Waals surface area contributed by atoms with Gasteiger partial charge in [0.1, 0.15) is 5.54 Å². The van der Waals surface area contributed by atoms with Gasteiger partial charge in [-0.2, -0.15) is 0 Å². The first-order valence-electron chi connectivity index (χ1n) is 6.66. The fourth-order valence-electron chi connectivity index (χ4n) is 2.40. The summed E-state index contributed by atoms with van der Waals surface area (Å²) in [7, 11) is 0. The van der Waals surface area contributed by atoms with Crippen LogP contribution in [0.1, 0.15) is 32.8 Å². The van der Waals surface area contributed by atoms with E-state index in [1.807, 2.05) is 19.1 Å². The van der Waals surface area contributed by atoms with E-state index >= 15 is 0 Å². The lowest BCUT2D eigenvalue weighted by Gasteiger charge is -2.32. The summed E-state index contributed by atoms with van der Waals surface area (Å²) in [5, 5.41) is 3.44. The summed E-state index contributed by atoms with van der Waals surface area (Å²) in [6.07, 6.45) is 0.322. The molecule has 0 radical (unpaired) electrons. The van der Waals surface area contributed by atoms with Crippen LogP contribution < -0.4 is 5.32 Å². The molecule has 1 saturated heterocycles. The minimum absolute atomic E-state index is 0.0641. The van der Waals surface area contributed by atoms with Crippen LogP contribution in [0, 0.1) is 0 Å². The first-order valence-corrected chi connectivity index (χ1v) is 7.04. The van der Waals surface area contributed by atoms with Crippen molar-refractivity contribution in [3.63, 3.8) is 0 Å². The third-order valence-electron chi connectivity index (χ3n) is 3.53. The van der Waals surface area contributed by atoms with Gasteiger partial charge in [0.15, 0.2) is 0 Å². The molecule has 2 amide bonds. The van der Waals surface area contributed by atoms with Crippen molar-refractivity contribution in [2.75, 3.05) is 0 Å². The quantitative estimate of drug-likeness (QED) is 0.910. The molecule has 5 heteroatoms. The highest BCUT2D eigenvalue weighted by Crippen LogP contribution is 2.21. The zero-order valence-corrected chi connectivity index (χ0v) is 12.7. The Morgan fingerprint density at radius 3 is 2.50 bits per heavy atom. The van der Waals surface area contributed by atoms with Crippen LogP contribution in [0.3, 0.4) is 0 Å². The summed E-state index contributed by atoms with van der Waals surface area (Å²) in [6, 6.07) is 7.28. The van der Waals surface area contributed by atoms with Gasteiger partial charge >= 0.3 is 0 Å². The van der Waals surface area contributed by atoms with Crippen LogP contribution in [-0.4, -0.2) is 28.3 Å². The second-order valence-corrected chi connectivity index (χ2v) is 6.22.